The van der Waals surface area contributed by atoms with Crippen molar-refractivity contribution < 1.29 is 28.0 Å². The number of carbonyl (C=O) groups is 4. The number of amidine groups is 1. The van der Waals surface area contributed by atoms with Crippen molar-refractivity contribution in [2.75, 3.05) is 76.2 Å². The summed E-state index contributed by atoms with van der Waals surface area (Å²) in [5.41, 5.74) is 5.25. The Morgan fingerprint density at radius 1 is 0.956 bits per heavy atom. The van der Waals surface area contributed by atoms with Crippen LogP contribution in [0.4, 0.5) is 20.2 Å². The zero-order valence-electron chi connectivity index (χ0n) is 39.3. The minimum absolute atomic E-state index is 0.0654. The number of para-hydroxylation sites is 1. The van der Waals surface area contributed by atoms with Crippen LogP contribution in [0.3, 0.4) is 0 Å². The summed E-state index contributed by atoms with van der Waals surface area (Å²) >= 11 is 0. The number of rotatable bonds is 14. The number of allylic oxidation sites excluding steroid dienone is 1. The number of halogens is 2. The molecule has 364 valence electrons. The van der Waals surface area contributed by atoms with Crippen molar-refractivity contribution in [2.45, 2.75) is 89.6 Å². The zero-order chi connectivity index (χ0) is 48.2. The predicted molar refractivity (Wildman–Crippen MR) is 258 cm³/mol. The van der Waals surface area contributed by atoms with Crippen LogP contribution in [-0.4, -0.2) is 132 Å². The number of nitrogens with one attached hydrogen (secondary N) is 6. The second-order valence-corrected chi connectivity index (χ2v) is 18.7. The first-order chi connectivity index (χ1) is 32.8. The van der Waals surface area contributed by atoms with Crippen molar-refractivity contribution in [3.8, 4) is 0 Å². The molecule has 4 amide bonds. The Labute approximate surface area is 394 Å². The van der Waals surface area contributed by atoms with Gasteiger partial charge >= 0.3 is 5.69 Å². The maximum absolute atomic E-state index is 14.6. The zero-order valence-corrected chi connectivity index (χ0v) is 39.3. The Hall–Kier alpha value is -6.37. The van der Waals surface area contributed by atoms with Crippen molar-refractivity contribution in [3.63, 3.8) is 0 Å². The van der Waals surface area contributed by atoms with Gasteiger partial charge in [0, 0.05) is 126 Å². The van der Waals surface area contributed by atoms with Crippen LogP contribution in [0.15, 0.2) is 52.6 Å². The number of alkyl halides is 2. The van der Waals surface area contributed by atoms with Crippen molar-refractivity contribution in [2.24, 2.45) is 13.0 Å². The number of amides is 4. The summed E-state index contributed by atoms with van der Waals surface area (Å²) in [7, 11) is 3.36. The number of anilines is 2. The van der Waals surface area contributed by atoms with Crippen LogP contribution in [-0.2, 0) is 32.6 Å². The van der Waals surface area contributed by atoms with Crippen LogP contribution >= 0.6 is 0 Å². The maximum Gasteiger partial charge on any atom is 0.329 e. The number of nitrogens with zero attached hydrogens (tertiary/aromatic N) is 6. The summed E-state index contributed by atoms with van der Waals surface area (Å²) in [6.07, 6.45) is 5.99. The summed E-state index contributed by atoms with van der Waals surface area (Å²) < 4.78 is 32.2. The highest BCUT2D eigenvalue weighted by atomic mass is 19.3. The molecule has 6 N–H and O–H groups in total. The molecule has 17 nitrogen and oxygen atoms in total. The molecule has 3 aromatic rings. The number of aromatic nitrogens is 2. The van der Waals surface area contributed by atoms with Crippen LogP contribution < -0.4 is 31.9 Å². The molecular weight excluding hydrogens is 875 g/mol. The van der Waals surface area contributed by atoms with Crippen LogP contribution in [0, 0.1) is 16.7 Å². The molecular formula is C49H64F2N12O5. The highest BCUT2D eigenvalue weighted by molar-refractivity contribution is 6.11. The summed E-state index contributed by atoms with van der Waals surface area (Å²) in [5.74, 6) is -0.156. The van der Waals surface area contributed by atoms with E-state index in [9.17, 15) is 38.2 Å². The van der Waals surface area contributed by atoms with E-state index in [-0.39, 0.29) is 60.2 Å². The van der Waals surface area contributed by atoms with E-state index in [2.05, 4.69) is 26.2 Å². The molecule has 0 spiro atoms. The van der Waals surface area contributed by atoms with Crippen molar-refractivity contribution in [3.05, 3.63) is 75.0 Å². The quantitative estimate of drug-likeness (QED) is 0.0760. The lowest BCUT2D eigenvalue weighted by Gasteiger charge is -2.39. The van der Waals surface area contributed by atoms with Crippen LogP contribution in [0.25, 0.3) is 16.6 Å². The molecule has 19 heteroatoms. The molecule has 0 aliphatic carbocycles. The number of imide groups is 1. The molecule has 8 rings (SSSR count). The SMILES string of the molecule is CN/C=C(\C=N)c1cc2c(cc1C(F)F)N(C(=N)C1=C(NC3CCN(C(=O)CCN4CCC(CNc5cccc6c5n(C)c(=O)n6C5CCC(=O)NC5=O)CC4)CC3)CCN(C(C)=O)C1)CCC2. The molecule has 1 atom stereocenters. The Bertz CT molecular complexity index is 2590. The van der Waals surface area contributed by atoms with Crippen molar-refractivity contribution in [1.29, 1.82) is 10.8 Å². The topological polar surface area (TPSA) is 204 Å². The molecule has 0 saturated carbocycles. The Morgan fingerprint density at radius 2 is 1.72 bits per heavy atom. The van der Waals surface area contributed by atoms with Gasteiger partial charge in [-0.2, -0.15) is 0 Å². The lowest BCUT2D eigenvalue weighted by molar-refractivity contribution is -0.136. The number of likely N-dealkylation sites (tertiary alicyclic amines) is 2. The maximum atomic E-state index is 14.6. The van der Waals surface area contributed by atoms with Gasteiger partial charge in [-0.05, 0) is 99.3 Å². The molecule has 2 aromatic carbocycles. The van der Waals surface area contributed by atoms with E-state index in [1.54, 1.807) is 34.5 Å². The summed E-state index contributed by atoms with van der Waals surface area (Å²) in [6.45, 7) is 7.11. The average molecular weight is 939 g/mol. The third kappa shape index (κ3) is 10.1. The van der Waals surface area contributed by atoms with E-state index in [0.29, 0.717) is 92.2 Å². The molecule has 5 aliphatic rings. The van der Waals surface area contributed by atoms with Gasteiger partial charge in [-0.3, -0.25) is 39.0 Å². The Balaban J connectivity index is 0.835. The molecule has 3 saturated heterocycles. The van der Waals surface area contributed by atoms with Gasteiger partial charge in [0.15, 0.2) is 0 Å². The number of fused-ring (bicyclic) bond motifs is 2. The normalized spacial score (nSPS) is 20.2. The fourth-order valence-corrected chi connectivity index (χ4v) is 10.6. The monoisotopic (exact) mass is 939 g/mol. The first-order valence-electron chi connectivity index (χ1n) is 24.0. The van der Waals surface area contributed by atoms with Gasteiger partial charge in [0.25, 0.3) is 6.43 Å². The molecule has 6 heterocycles. The second-order valence-electron chi connectivity index (χ2n) is 18.7. The lowest BCUT2D eigenvalue weighted by Crippen LogP contribution is -2.49. The minimum Gasteiger partial charge on any atom is -0.393 e. The van der Waals surface area contributed by atoms with E-state index in [1.807, 2.05) is 23.1 Å². The molecule has 5 aliphatic heterocycles. The smallest absolute Gasteiger partial charge is 0.329 e. The fraction of sp³-hybridized carbons (Fsp3) is 0.531. The lowest BCUT2D eigenvalue weighted by atomic mass is 9.91. The largest absolute Gasteiger partial charge is 0.393 e. The van der Waals surface area contributed by atoms with Gasteiger partial charge in [0.2, 0.25) is 23.6 Å². The highest BCUT2D eigenvalue weighted by Crippen LogP contribution is 2.38. The van der Waals surface area contributed by atoms with Gasteiger partial charge in [-0.15, -0.1) is 0 Å². The van der Waals surface area contributed by atoms with Gasteiger partial charge in [0.1, 0.15) is 11.9 Å². The minimum atomic E-state index is -2.79. The van der Waals surface area contributed by atoms with Crippen molar-refractivity contribution >= 4 is 63.7 Å². The van der Waals surface area contributed by atoms with E-state index < -0.39 is 18.4 Å². The molecule has 68 heavy (non-hydrogen) atoms. The second kappa shape index (κ2) is 20.9. The van der Waals surface area contributed by atoms with Crippen molar-refractivity contribution in [1.82, 2.24) is 39.8 Å². The van der Waals surface area contributed by atoms with Gasteiger partial charge in [-0.25, -0.2) is 13.6 Å². The number of carbonyl (C=O) groups excluding carboxylic acids is 4. The summed E-state index contributed by atoms with van der Waals surface area (Å²) in [6, 6.07) is 8.16. The first kappa shape index (κ1) is 48.1. The van der Waals surface area contributed by atoms with E-state index in [4.69, 9.17) is 5.41 Å². The van der Waals surface area contributed by atoms with E-state index >= 15 is 0 Å². The summed E-state index contributed by atoms with van der Waals surface area (Å²) in [5, 5.41) is 29.9. The van der Waals surface area contributed by atoms with Gasteiger partial charge in [-0.1, -0.05) is 6.07 Å². The molecule has 0 bridgehead atoms. The van der Waals surface area contributed by atoms with E-state index in [0.717, 1.165) is 74.0 Å². The highest BCUT2D eigenvalue weighted by Gasteiger charge is 2.34. The number of piperidine rings is 3. The number of hydrogen-bond donors (Lipinski definition) is 6. The molecule has 0 radical (unpaired) electrons. The number of hydrogen-bond acceptors (Lipinski definition) is 11. The standard InChI is InChI=1S/C49H64F2N12O5/c1-30(64)61-23-15-38(37(29-61)47(53)62-17-5-6-32-24-35(33(26-52)28-54-2)36(46(50)51)25-42(32)62)56-34-13-21-60(22-14-34)44(66)16-20-59-18-11-31(12-19-59)27-55-39-7-4-8-40-45(39)58(3)49(68)63(40)41-9-10-43(65)57-48(41)67/h4,7-8,24-26,28,31,34,41,46,52-56H,5-6,9-23,27,29H2,1-3H3,(H,57,65,67)/b33-28+,52-26?,53-47?. The van der Waals surface area contributed by atoms with Crippen LogP contribution in [0.1, 0.15) is 93.9 Å². The van der Waals surface area contributed by atoms with Crippen LogP contribution in [0.5, 0.6) is 0 Å². The number of aryl methyl sites for hydroxylation is 2. The average Bonchev–Trinajstić information content (AvgIpc) is 3.59. The third-order valence-electron chi connectivity index (χ3n) is 14.5. The Kier molecular flexibility index (Phi) is 14.8. The molecule has 1 aromatic heterocycles. The molecule has 1 unspecified atom stereocenters. The van der Waals surface area contributed by atoms with Crippen LogP contribution in [0.2, 0.25) is 0 Å². The van der Waals surface area contributed by atoms with Gasteiger partial charge in [0.05, 0.1) is 23.3 Å². The van der Waals surface area contributed by atoms with E-state index in [1.165, 1.54) is 23.8 Å². The fourth-order valence-electron chi connectivity index (χ4n) is 10.6. The first-order valence-corrected chi connectivity index (χ1v) is 24.0. The molecule has 3 fully saturated rings. The Morgan fingerprint density at radius 3 is 2.41 bits per heavy atom. The number of benzene rings is 2. The summed E-state index contributed by atoms with van der Waals surface area (Å²) in [4.78, 5) is 71.7. The third-order valence-corrected chi connectivity index (χ3v) is 14.5. The van der Waals surface area contributed by atoms with Gasteiger partial charge < -0.3 is 41.0 Å². The predicted octanol–water partition coefficient (Wildman–Crippen LogP) is 4.50. The number of imidazole rings is 1.